The van der Waals surface area contributed by atoms with Crippen LogP contribution in [0.3, 0.4) is 0 Å². The average molecular weight is 326 g/mol. The molecule has 0 aliphatic carbocycles. The number of carbonyl (C=O) groups excluding carboxylic acids is 2. The van der Waals surface area contributed by atoms with E-state index in [1.807, 2.05) is 0 Å². The van der Waals surface area contributed by atoms with Crippen LogP contribution < -0.4 is 5.32 Å². The number of pyridine rings is 2. The number of amides is 1. The Hall–Kier alpha value is -2.18. The highest BCUT2D eigenvalue weighted by Gasteiger charge is 2.14. The van der Waals surface area contributed by atoms with Crippen LogP contribution in [0.15, 0.2) is 36.7 Å². The zero-order valence-electron chi connectivity index (χ0n) is 10.5. The molecule has 2 heterocycles. The smallest absolute Gasteiger partial charge is 0.341 e. The molecule has 0 spiro atoms. The molecule has 0 saturated heterocycles. The van der Waals surface area contributed by atoms with Crippen LogP contribution in [0.1, 0.15) is 10.4 Å². The average Bonchev–Trinajstić information content (AvgIpc) is 2.48. The number of carbonyl (C=O) groups is 2. The Bertz CT molecular complexity index is 679. The first-order chi connectivity index (χ1) is 10.1. The molecule has 2 rings (SSSR count). The molecule has 6 nitrogen and oxygen atoms in total. The van der Waals surface area contributed by atoms with E-state index in [4.69, 9.17) is 27.9 Å². The highest BCUT2D eigenvalue weighted by Crippen LogP contribution is 2.17. The van der Waals surface area contributed by atoms with Gasteiger partial charge >= 0.3 is 5.97 Å². The molecule has 1 N–H and O–H groups in total. The van der Waals surface area contributed by atoms with Crippen molar-refractivity contribution in [2.24, 2.45) is 0 Å². The number of nitrogens with one attached hydrogen (secondary N) is 1. The van der Waals surface area contributed by atoms with Gasteiger partial charge < -0.3 is 10.1 Å². The first kappa shape index (κ1) is 15.2. The summed E-state index contributed by atoms with van der Waals surface area (Å²) in [7, 11) is 0. The van der Waals surface area contributed by atoms with Gasteiger partial charge in [0.1, 0.15) is 5.15 Å². The Balaban J connectivity index is 1.91. The zero-order valence-corrected chi connectivity index (χ0v) is 12.1. The number of nitrogens with zero attached hydrogens (tertiary/aromatic N) is 2. The fourth-order valence-corrected chi connectivity index (χ4v) is 1.78. The van der Waals surface area contributed by atoms with Crippen LogP contribution in [0.25, 0.3) is 0 Å². The molecule has 0 bridgehead atoms. The van der Waals surface area contributed by atoms with Crippen LogP contribution in [0.4, 0.5) is 5.69 Å². The molecule has 108 valence electrons. The molecule has 0 unspecified atom stereocenters. The Morgan fingerprint density at radius 1 is 1.10 bits per heavy atom. The zero-order chi connectivity index (χ0) is 15.2. The van der Waals surface area contributed by atoms with Gasteiger partial charge in [-0.05, 0) is 24.3 Å². The predicted molar refractivity (Wildman–Crippen MR) is 77.4 cm³/mol. The lowest BCUT2D eigenvalue weighted by Gasteiger charge is -2.07. The van der Waals surface area contributed by atoms with Crippen molar-refractivity contribution in [1.29, 1.82) is 0 Å². The third-order valence-corrected chi connectivity index (χ3v) is 2.95. The van der Waals surface area contributed by atoms with E-state index in [1.54, 1.807) is 12.1 Å². The summed E-state index contributed by atoms with van der Waals surface area (Å²) in [6.45, 7) is -0.477. The van der Waals surface area contributed by atoms with E-state index >= 15 is 0 Å². The molecule has 0 radical (unpaired) electrons. The highest BCUT2D eigenvalue weighted by atomic mass is 35.5. The fourth-order valence-electron chi connectivity index (χ4n) is 1.41. The molecule has 0 fully saturated rings. The van der Waals surface area contributed by atoms with Crippen molar-refractivity contribution in [2.75, 3.05) is 11.9 Å². The summed E-state index contributed by atoms with van der Waals surface area (Å²) in [5.41, 5.74) is 0.422. The number of ether oxygens (including phenoxy) is 1. The van der Waals surface area contributed by atoms with Crippen molar-refractivity contribution in [3.63, 3.8) is 0 Å². The van der Waals surface area contributed by atoms with Crippen molar-refractivity contribution in [3.05, 3.63) is 52.5 Å². The molecule has 8 heteroatoms. The maximum Gasteiger partial charge on any atom is 0.341 e. The number of hydrogen-bond acceptors (Lipinski definition) is 5. The van der Waals surface area contributed by atoms with Crippen molar-refractivity contribution in [3.8, 4) is 0 Å². The number of hydrogen-bond donors (Lipinski definition) is 1. The molecule has 21 heavy (non-hydrogen) atoms. The van der Waals surface area contributed by atoms with Gasteiger partial charge in [-0.15, -0.1) is 0 Å². The number of anilines is 1. The Morgan fingerprint density at radius 2 is 1.76 bits per heavy atom. The van der Waals surface area contributed by atoms with Crippen LogP contribution in [-0.4, -0.2) is 28.5 Å². The third kappa shape index (κ3) is 4.14. The van der Waals surface area contributed by atoms with Crippen molar-refractivity contribution < 1.29 is 14.3 Å². The van der Waals surface area contributed by atoms with E-state index in [9.17, 15) is 9.59 Å². The molecule has 0 saturated carbocycles. The summed E-state index contributed by atoms with van der Waals surface area (Å²) in [6.07, 6.45) is 2.93. The van der Waals surface area contributed by atoms with Crippen LogP contribution >= 0.6 is 23.2 Å². The number of aromatic nitrogens is 2. The van der Waals surface area contributed by atoms with Crippen LogP contribution in [-0.2, 0) is 9.53 Å². The second-order valence-corrected chi connectivity index (χ2v) is 4.52. The molecule has 0 aliphatic heterocycles. The van der Waals surface area contributed by atoms with Gasteiger partial charge in [0.15, 0.2) is 11.8 Å². The lowest BCUT2D eigenvalue weighted by Crippen LogP contribution is -2.21. The van der Waals surface area contributed by atoms with E-state index in [2.05, 4.69) is 15.3 Å². The first-order valence-corrected chi connectivity index (χ1v) is 6.51. The monoisotopic (exact) mass is 325 g/mol. The topological polar surface area (TPSA) is 81.2 Å². The van der Waals surface area contributed by atoms with E-state index in [0.29, 0.717) is 5.69 Å². The molecule has 0 atom stereocenters. The van der Waals surface area contributed by atoms with E-state index < -0.39 is 18.5 Å². The van der Waals surface area contributed by atoms with E-state index in [1.165, 1.54) is 24.5 Å². The van der Waals surface area contributed by atoms with Gasteiger partial charge in [0.25, 0.3) is 5.91 Å². The lowest BCUT2D eigenvalue weighted by molar-refractivity contribution is -0.119. The SMILES string of the molecule is O=C(COC(=O)c1cccnc1Cl)Nc1cccnc1Cl. The minimum Gasteiger partial charge on any atom is -0.452 e. The van der Waals surface area contributed by atoms with Crippen LogP contribution in [0, 0.1) is 0 Å². The van der Waals surface area contributed by atoms with Crippen LogP contribution in [0.5, 0.6) is 0 Å². The minimum atomic E-state index is -0.736. The minimum absolute atomic E-state index is 0.0122. The van der Waals surface area contributed by atoms with Gasteiger partial charge in [0.05, 0.1) is 11.3 Å². The largest absolute Gasteiger partial charge is 0.452 e. The number of esters is 1. The van der Waals surface area contributed by atoms with Gasteiger partial charge in [0.2, 0.25) is 0 Å². The Labute approximate surface area is 130 Å². The normalized spacial score (nSPS) is 10.0. The Morgan fingerprint density at radius 3 is 2.43 bits per heavy atom. The summed E-state index contributed by atoms with van der Waals surface area (Å²) in [5.74, 6) is -1.28. The summed E-state index contributed by atoms with van der Waals surface area (Å²) >= 11 is 11.5. The standard InChI is InChI=1S/C13H9Cl2N3O3/c14-11-8(3-1-5-16-11)13(20)21-7-10(19)18-9-4-2-6-17-12(9)15/h1-6H,7H2,(H,18,19). The fraction of sp³-hybridized carbons (Fsp3) is 0.0769. The molecule has 2 aromatic rings. The Kier molecular flexibility index (Phi) is 5.08. The number of rotatable bonds is 4. The maximum absolute atomic E-state index is 11.7. The molecule has 1 amide bonds. The highest BCUT2D eigenvalue weighted by molar-refractivity contribution is 6.32. The van der Waals surface area contributed by atoms with Gasteiger partial charge in [-0.25, -0.2) is 14.8 Å². The van der Waals surface area contributed by atoms with Gasteiger partial charge in [-0.3, -0.25) is 4.79 Å². The van der Waals surface area contributed by atoms with Gasteiger partial charge in [-0.2, -0.15) is 0 Å². The summed E-state index contributed by atoms with van der Waals surface area (Å²) in [6, 6.07) is 6.18. The first-order valence-electron chi connectivity index (χ1n) is 5.76. The molecule has 0 aliphatic rings. The van der Waals surface area contributed by atoms with Crippen molar-refractivity contribution in [2.45, 2.75) is 0 Å². The molecular weight excluding hydrogens is 317 g/mol. The molecular formula is C13H9Cl2N3O3. The van der Waals surface area contributed by atoms with Crippen molar-refractivity contribution in [1.82, 2.24) is 9.97 Å². The predicted octanol–water partition coefficient (Wildman–Crippen LogP) is 2.58. The molecule has 0 aromatic carbocycles. The summed E-state index contributed by atoms with van der Waals surface area (Å²) < 4.78 is 4.84. The second kappa shape index (κ2) is 7.01. The van der Waals surface area contributed by atoms with E-state index in [-0.39, 0.29) is 15.9 Å². The second-order valence-electron chi connectivity index (χ2n) is 3.81. The summed E-state index contributed by atoms with van der Waals surface area (Å²) in [4.78, 5) is 30.9. The summed E-state index contributed by atoms with van der Waals surface area (Å²) in [5, 5.41) is 2.63. The van der Waals surface area contributed by atoms with Gasteiger partial charge in [0, 0.05) is 12.4 Å². The van der Waals surface area contributed by atoms with Gasteiger partial charge in [-0.1, -0.05) is 23.2 Å². The lowest BCUT2D eigenvalue weighted by atomic mass is 10.3. The number of halogens is 2. The van der Waals surface area contributed by atoms with Crippen molar-refractivity contribution >= 4 is 40.8 Å². The van der Waals surface area contributed by atoms with Crippen LogP contribution in [0.2, 0.25) is 10.3 Å². The van der Waals surface area contributed by atoms with E-state index in [0.717, 1.165) is 0 Å². The third-order valence-electron chi connectivity index (χ3n) is 2.35. The quantitative estimate of drug-likeness (QED) is 0.690. The maximum atomic E-state index is 11.7. The molecule has 2 aromatic heterocycles.